The number of hydrogen-bond acceptors (Lipinski definition) is 5. The summed E-state index contributed by atoms with van der Waals surface area (Å²) in [5.74, 6) is -2.71. The first-order valence-corrected chi connectivity index (χ1v) is 9.58. The van der Waals surface area contributed by atoms with Crippen LogP contribution < -0.4 is 10.9 Å². The van der Waals surface area contributed by atoms with Crippen LogP contribution in [0.15, 0.2) is 51.9 Å². The van der Waals surface area contributed by atoms with Crippen LogP contribution >= 0.6 is 11.6 Å². The first-order valence-electron chi connectivity index (χ1n) is 9.20. The second kappa shape index (κ2) is 8.18. The lowest BCUT2D eigenvalue weighted by Gasteiger charge is -2.36. The Morgan fingerprint density at radius 1 is 1.22 bits per heavy atom. The van der Waals surface area contributed by atoms with Crippen LogP contribution in [0.1, 0.15) is 25.8 Å². The predicted molar refractivity (Wildman–Crippen MR) is 109 cm³/mol. The quantitative estimate of drug-likeness (QED) is 0.530. The van der Waals surface area contributed by atoms with Gasteiger partial charge in [-0.05, 0) is 35.2 Å². The van der Waals surface area contributed by atoms with Crippen molar-refractivity contribution in [2.45, 2.75) is 37.5 Å². The van der Waals surface area contributed by atoms with Gasteiger partial charge in [-0.1, -0.05) is 42.7 Å². The second-order valence-corrected chi connectivity index (χ2v) is 8.30. The number of nitrogens with one attached hydrogen (secondary N) is 1. The zero-order chi connectivity index (χ0) is 23.9. The molecule has 1 unspecified atom stereocenters. The third kappa shape index (κ3) is 4.33. The van der Waals surface area contributed by atoms with Gasteiger partial charge in [0.15, 0.2) is 0 Å². The highest BCUT2D eigenvalue weighted by Crippen LogP contribution is 2.43. The molecule has 2 N–H and O–H groups in total. The average Bonchev–Trinajstić information content (AvgIpc) is 2.68. The van der Waals surface area contributed by atoms with Crippen molar-refractivity contribution in [1.29, 1.82) is 0 Å². The first-order chi connectivity index (χ1) is 14.8. The Balaban J connectivity index is 1.97. The molecular weight excluding hydrogens is 456 g/mol. The Labute approximate surface area is 183 Å². The molecule has 11 heteroatoms. The van der Waals surface area contributed by atoms with Gasteiger partial charge in [-0.3, -0.25) is 4.79 Å². The molecule has 0 aliphatic heterocycles. The lowest BCUT2D eigenvalue weighted by Crippen LogP contribution is -2.57. The van der Waals surface area contributed by atoms with Gasteiger partial charge in [0, 0.05) is 17.5 Å². The number of carbonyl (C=O) groups excluding carboxylic acids is 1. The Morgan fingerprint density at radius 2 is 1.91 bits per heavy atom. The molecule has 0 aliphatic carbocycles. The third-order valence-corrected chi connectivity index (χ3v) is 5.37. The number of nitrogens with zero attached hydrogens (tertiary/aromatic N) is 1. The average molecular weight is 473 g/mol. The van der Waals surface area contributed by atoms with Crippen molar-refractivity contribution in [2.24, 2.45) is 0 Å². The maximum atomic E-state index is 14.5. The fourth-order valence-electron chi connectivity index (χ4n) is 3.42. The molecular formula is C21H17ClF4N2O4. The van der Waals surface area contributed by atoms with Gasteiger partial charge in [-0.25, -0.2) is 9.18 Å². The standard InChI is InChI=1S/C21H17ClF4N2O4/c1-19(2,14-4-3-5-15(22)16(14)23)10-20(31,21(24,25)26)18(30)28-12-6-7-13-11(8-12)9-27-32-17(13)29/h3-9,31H,10H2,1-2H3,(H,28,30). The van der Waals surface area contributed by atoms with Gasteiger partial charge < -0.3 is 14.9 Å². The summed E-state index contributed by atoms with van der Waals surface area (Å²) in [4.78, 5) is 24.2. The Morgan fingerprint density at radius 3 is 2.56 bits per heavy atom. The van der Waals surface area contributed by atoms with E-state index >= 15 is 0 Å². The van der Waals surface area contributed by atoms with E-state index in [9.17, 15) is 32.3 Å². The van der Waals surface area contributed by atoms with E-state index in [1.54, 1.807) is 0 Å². The summed E-state index contributed by atoms with van der Waals surface area (Å²) in [6, 6.07) is 7.43. The van der Waals surface area contributed by atoms with Gasteiger partial charge in [0.05, 0.1) is 16.6 Å². The molecule has 170 valence electrons. The molecule has 0 saturated carbocycles. The number of amides is 1. The number of rotatable bonds is 5. The van der Waals surface area contributed by atoms with Crippen LogP contribution in [0.3, 0.4) is 0 Å². The number of carbonyl (C=O) groups is 1. The van der Waals surface area contributed by atoms with Crippen molar-refractivity contribution in [2.75, 3.05) is 5.32 Å². The fraction of sp³-hybridized carbons (Fsp3) is 0.286. The van der Waals surface area contributed by atoms with Crippen LogP contribution in [0.4, 0.5) is 23.2 Å². The monoisotopic (exact) mass is 472 g/mol. The van der Waals surface area contributed by atoms with Gasteiger partial charge in [-0.2, -0.15) is 13.2 Å². The highest BCUT2D eigenvalue weighted by atomic mass is 35.5. The van der Waals surface area contributed by atoms with Crippen molar-refractivity contribution >= 4 is 34.0 Å². The molecule has 1 aromatic heterocycles. The molecule has 6 nitrogen and oxygen atoms in total. The Kier molecular flexibility index (Phi) is 6.05. The third-order valence-electron chi connectivity index (χ3n) is 5.08. The first kappa shape index (κ1) is 23.7. The maximum Gasteiger partial charge on any atom is 0.426 e. The lowest BCUT2D eigenvalue weighted by atomic mass is 9.74. The van der Waals surface area contributed by atoms with Gasteiger partial charge in [0.1, 0.15) is 5.82 Å². The van der Waals surface area contributed by atoms with Crippen LogP contribution in [0.5, 0.6) is 0 Å². The number of fused-ring (bicyclic) bond motifs is 1. The van der Waals surface area contributed by atoms with Crippen molar-refractivity contribution in [3.8, 4) is 0 Å². The molecule has 0 aliphatic rings. The fourth-order valence-corrected chi connectivity index (χ4v) is 3.59. The van der Waals surface area contributed by atoms with Crippen LogP contribution in [0.25, 0.3) is 10.8 Å². The molecule has 0 fully saturated rings. The minimum Gasteiger partial charge on any atom is -0.373 e. The molecule has 32 heavy (non-hydrogen) atoms. The normalized spacial score (nSPS) is 14.2. The van der Waals surface area contributed by atoms with Gasteiger partial charge in [0.2, 0.25) is 5.60 Å². The van der Waals surface area contributed by atoms with Crippen LogP contribution in [-0.2, 0) is 10.2 Å². The van der Waals surface area contributed by atoms with E-state index in [0.717, 1.165) is 6.20 Å². The number of benzene rings is 2. The highest BCUT2D eigenvalue weighted by Gasteiger charge is 2.61. The van der Waals surface area contributed by atoms with E-state index in [1.807, 2.05) is 5.32 Å². The summed E-state index contributed by atoms with van der Waals surface area (Å²) in [5, 5.41) is 15.9. The minimum absolute atomic E-state index is 0.0987. The second-order valence-electron chi connectivity index (χ2n) is 7.89. The summed E-state index contributed by atoms with van der Waals surface area (Å²) in [6.07, 6.45) is -5.43. The van der Waals surface area contributed by atoms with Gasteiger partial charge in [-0.15, -0.1) is 0 Å². The predicted octanol–water partition coefficient (Wildman–Crippen LogP) is 4.58. The van der Waals surface area contributed by atoms with E-state index in [0.29, 0.717) is 0 Å². The molecule has 0 saturated heterocycles. The smallest absolute Gasteiger partial charge is 0.373 e. The van der Waals surface area contributed by atoms with E-state index in [1.165, 1.54) is 50.2 Å². The highest BCUT2D eigenvalue weighted by molar-refractivity contribution is 6.30. The SMILES string of the molecule is CC(C)(CC(O)(C(=O)Nc1ccc2c(=O)oncc2c1)C(F)(F)F)c1cccc(Cl)c1F. The summed E-state index contributed by atoms with van der Waals surface area (Å²) < 4.78 is 60.6. The van der Waals surface area contributed by atoms with E-state index in [4.69, 9.17) is 11.6 Å². The summed E-state index contributed by atoms with van der Waals surface area (Å²) in [6.45, 7) is 2.51. The van der Waals surface area contributed by atoms with Crippen molar-refractivity contribution in [3.05, 3.63) is 69.4 Å². The molecule has 0 spiro atoms. The Hall–Kier alpha value is -2.98. The summed E-state index contributed by atoms with van der Waals surface area (Å²) in [7, 11) is 0. The van der Waals surface area contributed by atoms with Crippen LogP contribution in [0.2, 0.25) is 5.02 Å². The van der Waals surface area contributed by atoms with Crippen molar-refractivity contribution in [3.63, 3.8) is 0 Å². The minimum atomic E-state index is -5.39. The molecule has 1 heterocycles. The van der Waals surface area contributed by atoms with Crippen molar-refractivity contribution < 1.29 is 32.0 Å². The molecule has 2 aromatic carbocycles. The lowest BCUT2D eigenvalue weighted by molar-refractivity contribution is -0.254. The van der Waals surface area contributed by atoms with Crippen LogP contribution in [0, 0.1) is 5.82 Å². The molecule has 0 radical (unpaired) electrons. The van der Waals surface area contributed by atoms with Crippen molar-refractivity contribution in [1.82, 2.24) is 5.16 Å². The molecule has 1 amide bonds. The van der Waals surface area contributed by atoms with E-state index < -0.39 is 41.0 Å². The van der Waals surface area contributed by atoms with Gasteiger partial charge >= 0.3 is 11.8 Å². The van der Waals surface area contributed by atoms with E-state index in [2.05, 4.69) is 9.68 Å². The topological polar surface area (TPSA) is 92.4 Å². The number of hydrogen-bond donors (Lipinski definition) is 2. The molecule has 0 bridgehead atoms. The van der Waals surface area contributed by atoms with Gasteiger partial charge in [0.25, 0.3) is 5.91 Å². The number of aromatic nitrogens is 1. The number of halogens is 5. The number of aliphatic hydroxyl groups is 1. The largest absolute Gasteiger partial charge is 0.426 e. The zero-order valence-electron chi connectivity index (χ0n) is 16.8. The molecule has 3 rings (SSSR count). The molecule has 3 aromatic rings. The summed E-state index contributed by atoms with van der Waals surface area (Å²) >= 11 is 5.74. The number of anilines is 1. The summed E-state index contributed by atoms with van der Waals surface area (Å²) in [5.41, 5.74) is -6.58. The Bertz CT molecular complexity index is 1240. The van der Waals surface area contributed by atoms with E-state index in [-0.39, 0.29) is 27.0 Å². The maximum absolute atomic E-state index is 14.5. The van der Waals surface area contributed by atoms with Crippen LogP contribution in [-0.4, -0.2) is 27.9 Å². The number of alkyl halides is 3. The molecule has 1 atom stereocenters. The zero-order valence-corrected chi connectivity index (χ0v) is 17.5.